The van der Waals surface area contributed by atoms with Crippen LogP contribution in [0.3, 0.4) is 0 Å². The molecule has 14 nitrogen and oxygen atoms in total. The van der Waals surface area contributed by atoms with Crippen LogP contribution in [0, 0.1) is 0 Å². The van der Waals surface area contributed by atoms with Crippen LogP contribution in [-0.2, 0) is 0 Å². The number of hydrogen-bond acceptors (Lipinski definition) is 10. The molecule has 0 aliphatic carbocycles. The lowest BCUT2D eigenvalue weighted by molar-refractivity contribution is 0.0681. The number of nitrogen functional groups attached to an aromatic ring is 2. The molecule has 0 unspecified atom stereocenters. The van der Waals surface area contributed by atoms with Gasteiger partial charge in [-0.25, -0.2) is 19.2 Å². The molecule has 9 aromatic carbocycles. The minimum Gasteiger partial charge on any atom is -0.478 e. The lowest BCUT2D eigenvalue weighted by Crippen LogP contribution is -2.07. The molecule has 0 aromatic heterocycles. The highest BCUT2D eigenvalue weighted by Crippen LogP contribution is 2.44. The number of nitrogens with zero attached hydrogens (tertiary/aromatic N) is 4. The number of anilines is 2. The summed E-state index contributed by atoms with van der Waals surface area (Å²) in [7, 11) is 0. The van der Waals surface area contributed by atoms with Gasteiger partial charge in [-0.15, -0.1) is 0 Å². The second-order valence-electron chi connectivity index (χ2n) is 13.6. The van der Waals surface area contributed by atoms with Crippen molar-refractivity contribution < 1.29 is 39.6 Å². The molecule has 0 saturated heterocycles. The standard InChI is InChI=1S/C24H12O8.2C12H11N3/c25-21(26)13-5-1-9-10-2-6-15(23(29)30)20-16(24(31)32)8-4-12(18(10)20)11-3-7-14(22(27)28)19(13)17(9)11;2*13-10-6-8-12(9-7-10)15-14-11-4-2-1-3-5-11/h1-8H,(H,25,26)(H,27,28)(H,29,30)(H,31,32);2*1-9H,13H2/b;2*15-14+. The summed E-state index contributed by atoms with van der Waals surface area (Å²) >= 11 is 0. The van der Waals surface area contributed by atoms with Gasteiger partial charge in [-0.3, -0.25) is 0 Å². The van der Waals surface area contributed by atoms with Gasteiger partial charge in [0.15, 0.2) is 0 Å². The zero-order chi connectivity index (χ0) is 43.9. The van der Waals surface area contributed by atoms with Crippen molar-refractivity contribution in [1.29, 1.82) is 0 Å². The van der Waals surface area contributed by atoms with Gasteiger partial charge in [0, 0.05) is 22.1 Å². The smallest absolute Gasteiger partial charge is 0.336 e. The molecular formula is C48H34N6O8. The van der Waals surface area contributed by atoms with Crippen molar-refractivity contribution in [2.45, 2.75) is 0 Å². The number of aromatic carboxylic acids is 4. The summed E-state index contributed by atoms with van der Waals surface area (Å²) in [6.07, 6.45) is 0. The maximum atomic E-state index is 11.9. The van der Waals surface area contributed by atoms with Gasteiger partial charge in [-0.2, -0.15) is 20.5 Å². The predicted octanol–water partition coefficient (Wildman–Crippen LogP) is 11.9. The summed E-state index contributed by atoms with van der Waals surface area (Å²) in [6.45, 7) is 0. The number of carboxylic acid groups (broad SMARTS) is 4. The summed E-state index contributed by atoms with van der Waals surface area (Å²) in [5.74, 6) is -5.13. The monoisotopic (exact) mass is 822 g/mol. The van der Waals surface area contributed by atoms with Gasteiger partial charge < -0.3 is 31.9 Å². The van der Waals surface area contributed by atoms with Crippen molar-refractivity contribution in [3.63, 3.8) is 0 Å². The van der Waals surface area contributed by atoms with Crippen molar-refractivity contribution in [3.05, 3.63) is 180 Å². The Morgan fingerprint density at radius 1 is 0.306 bits per heavy atom. The lowest BCUT2D eigenvalue weighted by Gasteiger charge is -2.18. The lowest BCUT2D eigenvalue weighted by atomic mass is 9.84. The summed E-state index contributed by atoms with van der Waals surface area (Å²) in [6, 6.07) is 45.1. The second-order valence-corrected chi connectivity index (χ2v) is 13.6. The van der Waals surface area contributed by atoms with E-state index in [1.165, 1.54) is 48.5 Å². The largest absolute Gasteiger partial charge is 0.478 e. The zero-order valence-electron chi connectivity index (χ0n) is 32.4. The quantitative estimate of drug-likeness (QED) is 0.0366. The number of azo groups is 2. The number of hydrogen-bond donors (Lipinski definition) is 6. The Hall–Kier alpha value is -9.04. The highest BCUT2D eigenvalue weighted by molar-refractivity contribution is 6.38. The first-order valence-corrected chi connectivity index (χ1v) is 18.7. The Morgan fingerprint density at radius 2 is 0.548 bits per heavy atom. The van der Waals surface area contributed by atoms with Gasteiger partial charge in [0.1, 0.15) is 0 Å². The predicted molar refractivity (Wildman–Crippen MR) is 238 cm³/mol. The van der Waals surface area contributed by atoms with Crippen LogP contribution in [0.25, 0.3) is 43.1 Å². The molecule has 0 radical (unpaired) electrons. The first-order valence-electron chi connectivity index (χ1n) is 18.7. The SMILES string of the molecule is Nc1ccc(/N=N/c2ccccc2)cc1.Nc1ccc(/N=N/c2ccccc2)cc1.O=C(O)c1ccc2c3ccc(C(=O)O)c4c(C(=O)O)ccc(c5ccc(C(=O)O)c1c25)c43. The molecule has 0 aliphatic rings. The maximum absolute atomic E-state index is 11.9. The fourth-order valence-corrected chi connectivity index (χ4v) is 6.90. The van der Waals surface area contributed by atoms with E-state index in [0.29, 0.717) is 32.3 Å². The molecule has 9 aromatic rings. The van der Waals surface area contributed by atoms with E-state index in [1.807, 2.05) is 84.9 Å². The van der Waals surface area contributed by atoms with Gasteiger partial charge >= 0.3 is 23.9 Å². The molecule has 0 fully saturated rings. The molecule has 0 aliphatic heterocycles. The van der Waals surface area contributed by atoms with E-state index in [9.17, 15) is 39.6 Å². The van der Waals surface area contributed by atoms with E-state index in [0.717, 1.165) is 34.1 Å². The van der Waals surface area contributed by atoms with Crippen LogP contribution in [0.2, 0.25) is 0 Å². The molecule has 0 bridgehead atoms. The molecule has 8 N–H and O–H groups in total. The Bertz CT molecular complexity index is 2860. The van der Waals surface area contributed by atoms with Crippen molar-refractivity contribution in [1.82, 2.24) is 0 Å². The Balaban J connectivity index is 0.000000160. The van der Waals surface area contributed by atoms with Crippen LogP contribution in [0.15, 0.2) is 178 Å². The Morgan fingerprint density at radius 3 is 0.790 bits per heavy atom. The summed E-state index contributed by atoms with van der Waals surface area (Å²) < 4.78 is 0. The minimum atomic E-state index is -1.28. The van der Waals surface area contributed by atoms with Gasteiger partial charge in [0.2, 0.25) is 0 Å². The summed E-state index contributed by atoms with van der Waals surface area (Å²) in [4.78, 5) is 47.5. The molecule has 0 heterocycles. The van der Waals surface area contributed by atoms with E-state index in [-0.39, 0.29) is 33.0 Å². The number of nitrogens with two attached hydrogens (primary N) is 2. The Labute approximate surface area is 351 Å². The van der Waals surface area contributed by atoms with Crippen molar-refractivity contribution >= 4 is 101 Å². The highest BCUT2D eigenvalue weighted by atomic mass is 16.4. The molecule has 0 saturated carbocycles. The minimum absolute atomic E-state index is 0.0587. The maximum Gasteiger partial charge on any atom is 0.336 e. The Kier molecular flexibility index (Phi) is 11.8. The van der Waals surface area contributed by atoms with Gasteiger partial charge in [-0.05, 0) is 129 Å². The fraction of sp³-hybridized carbons (Fsp3) is 0. The number of benzene rings is 9. The van der Waals surface area contributed by atoms with Crippen LogP contribution in [0.1, 0.15) is 41.4 Å². The fourth-order valence-electron chi connectivity index (χ4n) is 6.90. The third-order valence-corrected chi connectivity index (χ3v) is 9.68. The number of rotatable bonds is 8. The molecule has 0 amide bonds. The molecule has 14 heteroatoms. The summed E-state index contributed by atoms with van der Waals surface area (Å²) in [5.41, 5.74) is 15.2. The first-order chi connectivity index (χ1) is 29.9. The molecule has 62 heavy (non-hydrogen) atoms. The number of fused-ring (bicyclic) bond motifs is 2. The molecule has 0 spiro atoms. The molecule has 9 rings (SSSR count). The second kappa shape index (κ2) is 17.8. The topological polar surface area (TPSA) is 251 Å². The normalized spacial score (nSPS) is 11.1. The zero-order valence-corrected chi connectivity index (χ0v) is 32.4. The van der Waals surface area contributed by atoms with E-state index in [4.69, 9.17) is 11.5 Å². The molecule has 0 atom stereocenters. The number of carbonyl (C=O) groups is 4. The van der Waals surface area contributed by atoms with Crippen LogP contribution in [0.5, 0.6) is 0 Å². The van der Waals surface area contributed by atoms with Gasteiger partial charge in [0.05, 0.1) is 45.0 Å². The van der Waals surface area contributed by atoms with Crippen LogP contribution >= 0.6 is 0 Å². The van der Waals surface area contributed by atoms with Crippen molar-refractivity contribution in [3.8, 4) is 0 Å². The average molecular weight is 823 g/mol. The first kappa shape index (κ1) is 41.1. The van der Waals surface area contributed by atoms with E-state index < -0.39 is 23.9 Å². The van der Waals surface area contributed by atoms with Crippen molar-refractivity contribution in [2.75, 3.05) is 11.5 Å². The van der Waals surface area contributed by atoms with E-state index >= 15 is 0 Å². The third kappa shape index (κ3) is 8.69. The average Bonchev–Trinajstić information content (AvgIpc) is 3.28. The van der Waals surface area contributed by atoms with Crippen LogP contribution < -0.4 is 11.5 Å². The van der Waals surface area contributed by atoms with Crippen LogP contribution in [0.4, 0.5) is 34.1 Å². The van der Waals surface area contributed by atoms with E-state index in [1.54, 1.807) is 24.3 Å². The molecular weight excluding hydrogens is 789 g/mol. The third-order valence-electron chi connectivity index (χ3n) is 9.68. The van der Waals surface area contributed by atoms with E-state index in [2.05, 4.69) is 20.5 Å². The molecule has 304 valence electrons. The number of carboxylic acids is 4. The summed E-state index contributed by atoms with van der Waals surface area (Å²) in [5, 5.41) is 58.0. The van der Waals surface area contributed by atoms with Crippen molar-refractivity contribution in [2.24, 2.45) is 20.5 Å². The highest BCUT2D eigenvalue weighted by Gasteiger charge is 2.25. The van der Waals surface area contributed by atoms with Crippen LogP contribution in [-0.4, -0.2) is 44.3 Å². The van der Waals surface area contributed by atoms with Gasteiger partial charge in [-0.1, -0.05) is 60.7 Å². The van der Waals surface area contributed by atoms with Gasteiger partial charge in [0.25, 0.3) is 0 Å².